The van der Waals surface area contributed by atoms with Crippen molar-refractivity contribution in [2.75, 3.05) is 18.0 Å². The van der Waals surface area contributed by atoms with E-state index in [-0.39, 0.29) is 10.6 Å². The van der Waals surface area contributed by atoms with E-state index >= 15 is 0 Å². The Morgan fingerprint density at radius 3 is 2.26 bits per heavy atom. The predicted octanol–water partition coefficient (Wildman–Crippen LogP) is 4.76. The number of carbonyl (C=O) groups excluding carboxylic acids is 1. The minimum atomic E-state index is -4.11. The number of nitrogens with zero attached hydrogens (tertiary/aromatic N) is 2. The molecule has 200 valence electrons. The number of sulfonamides is 1. The highest BCUT2D eigenvalue weighted by atomic mass is 32.2. The van der Waals surface area contributed by atoms with E-state index in [1.807, 2.05) is 30.3 Å². The number of anilines is 1. The number of rotatable bonds is 11. The third kappa shape index (κ3) is 7.20. The molecule has 0 saturated carbocycles. The molecule has 1 amide bonds. The number of ether oxygens (including phenoxy) is 2. The molecule has 0 bridgehead atoms. The second-order valence-electron chi connectivity index (χ2n) is 8.28. The summed E-state index contributed by atoms with van der Waals surface area (Å²) >= 11 is 0. The van der Waals surface area contributed by atoms with Gasteiger partial charge in [0.15, 0.2) is 11.5 Å². The molecule has 8 nitrogen and oxygen atoms in total. The van der Waals surface area contributed by atoms with Gasteiger partial charge in [0.2, 0.25) is 0 Å². The Hall–Kier alpha value is -4.70. The van der Waals surface area contributed by atoms with Crippen molar-refractivity contribution in [3.63, 3.8) is 0 Å². The molecule has 4 aromatic rings. The molecule has 0 fully saturated rings. The molecule has 4 rings (SSSR count). The number of benzene rings is 4. The van der Waals surface area contributed by atoms with Crippen LogP contribution in [0.15, 0.2) is 113 Å². The standard InChI is InChI=1S/C29H26FN3O5S/c1-37-28-18-23(12-17-27(28)38-21-22-8-4-2-5-9-22)19-31-32-29(34)20-33(25-15-13-24(30)14-16-25)39(35,36)26-10-6-3-7-11-26/h2-19H,20-21H2,1H3,(H,32,34)/b31-19+. The molecular formula is C29H26FN3O5S. The molecular weight excluding hydrogens is 521 g/mol. The fourth-order valence-corrected chi connectivity index (χ4v) is 5.05. The van der Waals surface area contributed by atoms with Crippen molar-refractivity contribution in [1.82, 2.24) is 5.43 Å². The number of nitrogens with one attached hydrogen (secondary N) is 1. The highest BCUT2D eigenvalue weighted by Gasteiger charge is 2.27. The summed E-state index contributed by atoms with van der Waals surface area (Å²) in [4.78, 5) is 12.7. The first-order valence-electron chi connectivity index (χ1n) is 11.9. The van der Waals surface area contributed by atoms with Gasteiger partial charge in [0.25, 0.3) is 15.9 Å². The fraction of sp³-hybridized carbons (Fsp3) is 0.103. The third-order valence-corrected chi connectivity index (χ3v) is 7.35. The Morgan fingerprint density at radius 2 is 1.59 bits per heavy atom. The van der Waals surface area contributed by atoms with Gasteiger partial charge in [-0.2, -0.15) is 5.10 Å². The van der Waals surface area contributed by atoms with Crippen molar-refractivity contribution < 1.29 is 27.1 Å². The number of hydrogen-bond donors (Lipinski definition) is 1. The molecule has 0 aliphatic carbocycles. The van der Waals surface area contributed by atoms with Crippen LogP contribution < -0.4 is 19.2 Å². The SMILES string of the molecule is COc1cc(/C=N/NC(=O)CN(c2ccc(F)cc2)S(=O)(=O)c2ccccc2)ccc1OCc1ccccc1. The minimum absolute atomic E-state index is 0.00713. The highest BCUT2D eigenvalue weighted by Crippen LogP contribution is 2.28. The summed E-state index contributed by atoms with van der Waals surface area (Å²) in [5, 5.41) is 3.95. The summed E-state index contributed by atoms with van der Waals surface area (Å²) in [5.41, 5.74) is 4.11. The Balaban J connectivity index is 1.44. The number of amides is 1. The van der Waals surface area contributed by atoms with Crippen LogP contribution in [-0.2, 0) is 21.4 Å². The van der Waals surface area contributed by atoms with Gasteiger partial charge in [0.1, 0.15) is 19.0 Å². The number of hydrogen-bond acceptors (Lipinski definition) is 6. The van der Waals surface area contributed by atoms with E-state index in [9.17, 15) is 17.6 Å². The van der Waals surface area contributed by atoms with Crippen molar-refractivity contribution in [1.29, 1.82) is 0 Å². The van der Waals surface area contributed by atoms with Crippen LogP contribution in [0, 0.1) is 5.82 Å². The van der Waals surface area contributed by atoms with Crippen LogP contribution in [0.1, 0.15) is 11.1 Å². The first kappa shape index (κ1) is 27.3. The minimum Gasteiger partial charge on any atom is -0.493 e. The Labute approximate surface area is 226 Å². The van der Waals surface area contributed by atoms with E-state index in [0.29, 0.717) is 23.7 Å². The van der Waals surface area contributed by atoms with E-state index in [0.717, 1.165) is 22.0 Å². The van der Waals surface area contributed by atoms with Gasteiger partial charge >= 0.3 is 0 Å². The Bertz CT molecular complexity index is 1530. The summed E-state index contributed by atoms with van der Waals surface area (Å²) < 4.78 is 52.2. The van der Waals surface area contributed by atoms with E-state index in [2.05, 4.69) is 10.5 Å². The lowest BCUT2D eigenvalue weighted by molar-refractivity contribution is -0.119. The van der Waals surface area contributed by atoms with Crippen molar-refractivity contribution in [3.05, 3.63) is 120 Å². The van der Waals surface area contributed by atoms with Crippen LogP contribution in [0.4, 0.5) is 10.1 Å². The van der Waals surface area contributed by atoms with E-state index < -0.39 is 28.3 Å². The van der Waals surface area contributed by atoms with Crippen molar-refractivity contribution in [2.45, 2.75) is 11.5 Å². The summed E-state index contributed by atoms with van der Waals surface area (Å²) in [7, 11) is -2.59. The fourth-order valence-electron chi connectivity index (χ4n) is 3.61. The number of halogens is 1. The topological polar surface area (TPSA) is 97.3 Å². The molecule has 0 atom stereocenters. The van der Waals surface area contributed by atoms with Gasteiger partial charge in [-0.3, -0.25) is 9.10 Å². The molecule has 0 heterocycles. The van der Waals surface area contributed by atoms with Gasteiger partial charge in [-0.15, -0.1) is 0 Å². The number of methoxy groups -OCH3 is 1. The van der Waals surface area contributed by atoms with Crippen molar-refractivity contribution in [3.8, 4) is 11.5 Å². The summed E-state index contributed by atoms with van der Waals surface area (Å²) in [5.74, 6) is -0.192. The van der Waals surface area contributed by atoms with Gasteiger partial charge in [0, 0.05) is 0 Å². The zero-order chi connectivity index (χ0) is 27.7. The lowest BCUT2D eigenvalue weighted by atomic mass is 10.2. The highest BCUT2D eigenvalue weighted by molar-refractivity contribution is 7.92. The first-order chi connectivity index (χ1) is 18.9. The van der Waals surface area contributed by atoms with E-state index in [4.69, 9.17) is 9.47 Å². The Kier molecular flexibility index (Phi) is 8.90. The smallest absolute Gasteiger partial charge is 0.264 e. The average Bonchev–Trinajstić information content (AvgIpc) is 2.96. The van der Waals surface area contributed by atoms with Crippen LogP contribution in [0.5, 0.6) is 11.5 Å². The maximum absolute atomic E-state index is 13.5. The molecule has 0 aromatic heterocycles. The maximum Gasteiger partial charge on any atom is 0.264 e. The molecule has 4 aromatic carbocycles. The summed E-state index contributed by atoms with van der Waals surface area (Å²) in [6.07, 6.45) is 1.40. The van der Waals surface area contributed by atoms with Gasteiger partial charge in [-0.05, 0) is 65.7 Å². The Morgan fingerprint density at radius 1 is 0.923 bits per heavy atom. The molecule has 0 spiro atoms. The molecule has 10 heteroatoms. The van der Waals surface area contributed by atoms with Gasteiger partial charge < -0.3 is 9.47 Å². The van der Waals surface area contributed by atoms with Gasteiger partial charge in [-0.25, -0.2) is 18.2 Å². The van der Waals surface area contributed by atoms with Gasteiger partial charge in [-0.1, -0.05) is 48.5 Å². The zero-order valence-electron chi connectivity index (χ0n) is 21.0. The quantitative estimate of drug-likeness (QED) is 0.216. The third-order valence-electron chi connectivity index (χ3n) is 5.56. The lowest BCUT2D eigenvalue weighted by Gasteiger charge is -2.23. The molecule has 0 saturated heterocycles. The second-order valence-corrected chi connectivity index (χ2v) is 10.1. The monoisotopic (exact) mass is 547 g/mol. The van der Waals surface area contributed by atoms with Gasteiger partial charge in [0.05, 0.1) is 23.9 Å². The largest absolute Gasteiger partial charge is 0.493 e. The van der Waals surface area contributed by atoms with E-state index in [1.165, 1.54) is 37.6 Å². The van der Waals surface area contributed by atoms with Crippen LogP contribution in [-0.4, -0.2) is 34.2 Å². The van der Waals surface area contributed by atoms with Crippen molar-refractivity contribution >= 4 is 27.8 Å². The molecule has 0 aliphatic heterocycles. The van der Waals surface area contributed by atoms with Crippen LogP contribution in [0.25, 0.3) is 0 Å². The predicted molar refractivity (Wildman–Crippen MR) is 147 cm³/mol. The molecule has 39 heavy (non-hydrogen) atoms. The van der Waals surface area contributed by atoms with Crippen molar-refractivity contribution in [2.24, 2.45) is 5.10 Å². The molecule has 0 unspecified atom stereocenters. The number of carbonyl (C=O) groups is 1. The zero-order valence-corrected chi connectivity index (χ0v) is 21.8. The second kappa shape index (κ2) is 12.7. The molecule has 1 N–H and O–H groups in total. The molecule has 0 radical (unpaired) electrons. The van der Waals surface area contributed by atoms with Crippen LogP contribution in [0.3, 0.4) is 0 Å². The maximum atomic E-state index is 13.5. The lowest BCUT2D eigenvalue weighted by Crippen LogP contribution is -2.39. The molecule has 0 aliphatic rings. The normalized spacial score (nSPS) is 11.2. The van der Waals surface area contributed by atoms with E-state index in [1.54, 1.807) is 36.4 Å². The number of hydrazone groups is 1. The average molecular weight is 548 g/mol. The van der Waals surface area contributed by atoms with Crippen LogP contribution >= 0.6 is 0 Å². The van der Waals surface area contributed by atoms with Crippen LogP contribution in [0.2, 0.25) is 0 Å². The summed E-state index contributed by atoms with van der Waals surface area (Å²) in [6.45, 7) is -0.201. The summed E-state index contributed by atoms with van der Waals surface area (Å²) in [6, 6.07) is 27.4. The first-order valence-corrected chi connectivity index (χ1v) is 13.3.